The van der Waals surface area contributed by atoms with Crippen molar-refractivity contribution in [1.29, 1.82) is 0 Å². The van der Waals surface area contributed by atoms with Gasteiger partial charge in [-0.2, -0.15) is 0 Å². The number of hydrogen-bond donors (Lipinski definition) is 4. The Bertz CT molecular complexity index is 647. The molecule has 0 bridgehead atoms. The van der Waals surface area contributed by atoms with Gasteiger partial charge in [-0.3, -0.25) is 0 Å². The number of carbonyl (C=O) groups excluding carboxylic acids is 1. The molecule has 8 nitrogen and oxygen atoms in total. The number of hydrogen-bond acceptors (Lipinski definition) is 4. The fraction of sp³-hybridized carbons (Fsp3) is 0.273. The summed E-state index contributed by atoms with van der Waals surface area (Å²) in [4.78, 5) is 22.4. The van der Waals surface area contributed by atoms with Crippen molar-refractivity contribution in [1.82, 2.24) is 10.0 Å². The van der Waals surface area contributed by atoms with Crippen LogP contribution in [0.4, 0.5) is 14.9 Å². The highest BCUT2D eigenvalue weighted by Gasteiger charge is 2.13. The number of halogens is 1. The third-order valence-corrected chi connectivity index (χ3v) is 2.96. The normalized spacial score (nSPS) is 11.0. The van der Waals surface area contributed by atoms with E-state index in [4.69, 9.17) is 5.11 Å². The van der Waals surface area contributed by atoms with Crippen molar-refractivity contribution in [3.8, 4) is 0 Å². The maximum absolute atomic E-state index is 12.9. The van der Waals surface area contributed by atoms with E-state index in [1.807, 2.05) is 0 Å². The van der Waals surface area contributed by atoms with Crippen molar-refractivity contribution in [2.75, 3.05) is 24.7 Å². The van der Waals surface area contributed by atoms with Crippen LogP contribution in [0.2, 0.25) is 0 Å². The number of anilines is 1. The fourth-order valence-electron chi connectivity index (χ4n) is 1.38. The predicted molar refractivity (Wildman–Crippen MR) is 73.2 cm³/mol. The summed E-state index contributed by atoms with van der Waals surface area (Å²) in [5, 5.41) is 13.5. The first-order valence-electron chi connectivity index (χ1n) is 5.71. The number of sulfonamides is 1. The van der Waals surface area contributed by atoms with Gasteiger partial charge in [0.05, 0.1) is 17.5 Å². The fourth-order valence-corrected chi connectivity index (χ4v) is 1.85. The van der Waals surface area contributed by atoms with Crippen LogP contribution in [0.25, 0.3) is 0 Å². The van der Waals surface area contributed by atoms with E-state index in [1.54, 1.807) is 0 Å². The Morgan fingerprint density at radius 1 is 1.29 bits per heavy atom. The molecule has 116 valence electrons. The van der Waals surface area contributed by atoms with Crippen LogP contribution in [0, 0.1) is 5.82 Å². The van der Waals surface area contributed by atoms with Crippen LogP contribution in [-0.4, -0.2) is 44.9 Å². The number of aromatic carboxylic acids is 1. The number of rotatable bonds is 6. The standard InChI is InChI=1S/C11H14FN3O5S/c1-21(19,20)14-5-4-13-11(18)15-9-3-2-7(12)6-8(9)10(16)17/h2-3,6,14H,4-5H2,1H3,(H,16,17)(H2,13,15,18). The van der Waals surface area contributed by atoms with Gasteiger partial charge in [0.2, 0.25) is 10.0 Å². The number of nitrogens with one attached hydrogen (secondary N) is 3. The molecule has 0 unspecified atom stereocenters. The van der Waals surface area contributed by atoms with Crippen molar-refractivity contribution in [3.05, 3.63) is 29.6 Å². The molecule has 0 aliphatic carbocycles. The molecule has 10 heteroatoms. The van der Waals surface area contributed by atoms with E-state index in [0.29, 0.717) is 0 Å². The molecule has 1 aromatic rings. The van der Waals surface area contributed by atoms with Gasteiger partial charge in [-0.25, -0.2) is 27.1 Å². The van der Waals surface area contributed by atoms with Gasteiger partial charge in [-0.1, -0.05) is 0 Å². The second kappa shape index (κ2) is 6.99. The molecule has 0 aliphatic heterocycles. The van der Waals surface area contributed by atoms with E-state index in [2.05, 4.69) is 15.4 Å². The summed E-state index contributed by atoms with van der Waals surface area (Å²) in [6.07, 6.45) is 0.977. The molecular formula is C11H14FN3O5S. The SMILES string of the molecule is CS(=O)(=O)NCCNC(=O)Nc1ccc(F)cc1C(=O)O. The highest BCUT2D eigenvalue weighted by molar-refractivity contribution is 7.88. The number of amides is 2. The van der Waals surface area contributed by atoms with Crippen molar-refractivity contribution in [2.45, 2.75) is 0 Å². The molecule has 0 aromatic heterocycles. The average molecular weight is 319 g/mol. The van der Waals surface area contributed by atoms with Gasteiger partial charge in [-0.15, -0.1) is 0 Å². The van der Waals surface area contributed by atoms with Gasteiger partial charge >= 0.3 is 12.0 Å². The molecule has 0 aliphatic rings. The second-order valence-electron chi connectivity index (χ2n) is 4.04. The van der Waals surface area contributed by atoms with Crippen molar-refractivity contribution >= 4 is 27.7 Å². The minimum atomic E-state index is -3.34. The summed E-state index contributed by atoms with van der Waals surface area (Å²) in [6.45, 7) is -0.00996. The average Bonchev–Trinajstić information content (AvgIpc) is 2.35. The second-order valence-corrected chi connectivity index (χ2v) is 5.88. The third-order valence-electron chi connectivity index (χ3n) is 2.24. The van der Waals surface area contributed by atoms with Crippen molar-refractivity contribution in [2.24, 2.45) is 0 Å². The Morgan fingerprint density at radius 3 is 2.52 bits per heavy atom. The highest BCUT2D eigenvalue weighted by atomic mass is 32.2. The molecule has 2 amide bonds. The van der Waals surface area contributed by atoms with Gasteiger partial charge < -0.3 is 15.7 Å². The first-order valence-corrected chi connectivity index (χ1v) is 7.60. The number of benzene rings is 1. The lowest BCUT2D eigenvalue weighted by Crippen LogP contribution is -2.36. The molecule has 0 saturated carbocycles. The molecule has 0 saturated heterocycles. The molecule has 0 spiro atoms. The van der Waals surface area contributed by atoms with Crippen LogP contribution in [0.3, 0.4) is 0 Å². The lowest BCUT2D eigenvalue weighted by atomic mass is 10.2. The minimum Gasteiger partial charge on any atom is -0.478 e. The van der Waals surface area contributed by atoms with Gasteiger partial charge in [0.1, 0.15) is 5.82 Å². The highest BCUT2D eigenvalue weighted by Crippen LogP contribution is 2.16. The number of carboxylic acids is 1. The molecule has 1 aromatic carbocycles. The zero-order valence-corrected chi connectivity index (χ0v) is 11.8. The van der Waals surface area contributed by atoms with Gasteiger partial charge in [0.25, 0.3) is 0 Å². The Morgan fingerprint density at radius 2 is 1.95 bits per heavy atom. The van der Waals surface area contributed by atoms with Crippen molar-refractivity contribution < 1.29 is 27.5 Å². The number of carboxylic acid groups (broad SMARTS) is 1. The minimum absolute atomic E-state index is 0.00248. The van der Waals surface area contributed by atoms with Crippen LogP contribution in [0.1, 0.15) is 10.4 Å². The molecule has 0 atom stereocenters. The van der Waals surface area contributed by atoms with Gasteiger partial charge in [0, 0.05) is 13.1 Å². The smallest absolute Gasteiger partial charge is 0.337 e. The number of carbonyl (C=O) groups is 2. The Hall–Kier alpha value is -2.20. The van der Waals surface area contributed by atoms with E-state index in [9.17, 15) is 22.4 Å². The van der Waals surface area contributed by atoms with E-state index >= 15 is 0 Å². The van der Waals surface area contributed by atoms with Crippen LogP contribution in [0.5, 0.6) is 0 Å². The lowest BCUT2D eigenvalue weighted by Gasteiger charge is -2.10. The summed E-state index contributed by atoms with van der Waals surface area (Å²) < 4.78 is 36.7. The summed E-state index contributed by atoms with van der Waals surface area (Å²) in [7, 11) is -3.34. The molecule has 4 N–H and O–H groups in total. The van der Waals surface area contributed by atoms with E-state index < -0.39 is 27.8 Å². The Balaban J connectivity index is 2.57. The van der Waals surface area contributed by atoms with E-state index in [0.717, 1.165) is 24.5 Å². The molecule has 0 fully saturated rings. The topological polar surface area (TPSA) is 125 Å². The molecule has 21 heavy (non-hydrogen) atoms. The van der Waals surface area contributed by atoms with Gasteiger partial charge in [-0.05, 0) is 18.2 Å². The zero-order valence-electron chi connectivity index (χ0n) is 11.0. The maximum Gasteiger partial charge on any atom is 0.337 e. The van der Waals surface area contributed by atoms with Crippen LogP contribution in [0.15, 0.2) is 18.2 Å². The predicted octanol–water partition coefficient (Wildman–Crippen LogP) is 0.195. The largest absolute Gasteiger partial charge is 0.478 e. The van der Waals surface area contributed by atoms with Crippen LogP contribution < -0.4 is 15.4 Å². The van der Waals surface area contributed by atoms with E-state index in [1.165, 1.54) is 0 Å². The quantitative estimate of drug-likeness (QED) is 0.557. The zero-order chi connectivity index (χ0) is 16.0. The first kappa shape index (κ1) is 16.9. The van der Waals surface area contributed by atoms with Crippen LogP contribution in [-0.2, 0) is 10.0 Å². The van der Waals surface area contributed by atoms with Gasteiger partial charge in [0.15, 0.2) is 0 Å². The summed E-state index contributed by atoms with van der Waals surface area (Å²) in [6, 6.07) is 2.17. The summed E-state index contributed by atoms with van der Waals surface area (Å²) in [5.41, 5.74) is -0.461. The third kappa shape index (κ3) is 6.19. The maximum atomic E-state index is 12.9. The first-order chi connectivity index (χ1) is 9.69. The number of urea groups is 1. The van der Waals surface area contributed by atoms with E-state index in [-0.39, 0.29) is 24.3 Å². The molecular weight excluding hydrogens is 305 g/mol. The molecule has 0 radical (unpaired) electrons. The summed E-state index contributed by atoms with van der Waals surface area (Å²) in [5.74, 6) is -2.13. The van der Waals surface area contributed by atoms with Crippen LogP contribution >= 0.6 is 0 Å². The monoisotopic (exact) mass is 319 g/mol. The molecule has 1 rings (SSSR count). The summed E-state index contributed by atoms with van der Waals surface area (Å²) >= 11 is 0. The Labute approximate surface area is 120 Å². The molecule has 0 heterocycles. The lowest BCUT2D eigenvalue weighted by molar-refractivity contribution is 0.0697. The Kier molecular flexibility index (Phi) is 5.61. The van der Waals surface area contributed by atoms with Crippen molar-refractivity contribution in [3.63, 3.8) is 0 Å².